The Morgan fingerprint density at radius 2 is 1.77 bits per heavy atom. The molecule has 0 fully saturated rings. The number of aryl methyl sites for hydroxylation is 5. The topological polar surface area (TPSA) is 98.4 Å². The second-order valence-electron chi connectivity index (χ2n) is 11.3. The monoisotopic (exact) mass is 600 g/mol. The van der Waals surface area contributed by atoms with Crippen molar-refractivity contribution >= 4 is 29.1 Å². The van der Waals surface area contributed by atoms with Crippen LogP contribution >= 0.6 is 11.6 Å². The van der Waals surface area contributed by atoms with Crippen LogP contribution in [0.5, 0.6) is 5.75 Å². The van der Waals surface area contributed by atoms with Crippen molar-refractivity contribution in [1.82, 2.24) is 19.7 Å². The summed E-state index contributed by atoms with van der Waals surface area (Å²) in [5, 5.41) is 17.8. The summed E-state index contributed by atoms with van der Waals surface area (Å²) in [6, 6.07) is 11.7. The molecular weight excluding hydrogens is 564 g/mol. The lowest BCUT2D eigenvalue weighted by molar-refractivity contribution is -0.117. The maximum absolute atomic E-state index is 13.7. The smallest absolute Gasteiger partial charge is 0.352 e. The van der Waals surface area contributed by atoms with Gasteiger partial charge in [0.15, 0.2) is 0 Å². The summed E-state index contributed by atoms with van der Waals surface area (Å²) in [7, 11) is 3.63. The highest BCUT2D eigenvalue weighted by Crippen LogP contribution is 2.42. The zero-order valence-corrected chi connectivity index (χ0v) is 26.2. The first-order valence-corrected chi connectivity index (χ1v) is 14.7. The van der Waals surface area contributed by atoms with E-state index < -0.39 is 5.97 Å². The summed E-state index contributed by atoms with van der Waals surface area (Å²) >= 11 is 6.32. The Kier molecular flexibility index (Phi) is 8.51. The number of carboxylic acid groups (broad SMARTS) is 1. The van der Waals surface area contributed by atoms with Crippen LogP contribution < -0.4 is 10.1 Å². The van der Waals surface area contributed by atoms with E-state index in [0.717, 1.165) is 78.7 Å². The number of allylic oxidation sites excluding steroid dienone is 1. The summed E-state index contributed by atoms with van der Waals surface area (Å²) in [5.74, 6) is -0.370. The first-order chi connectivity index (χ1) is 20.5. The Hall–Kier alpha value is -4.30. The molecule has 0 radical (unpaired) electrons. The Morgan fingerprint density at radius 3 is 2.40 bits per heavy atom. The zero-order chi connectivity index (χ0) is 31.0. The largest absolute Gasteiger partial charge is 0.494 e. The molecule has 0 unspecified atom stereocenters. The second kappa shape index (κ2) is 12.1. The number of aromatic carboxylic acids is 1. The standard InChI is InChI=1S/C34H37ClN4O4/c1-19-13-24(14-20(2)32(19)35)43-12-8-11-26-25-9-7-10-27(31-21(3)37-39(6)22(31)4)28(25)16-29(26)33(40)36-17-23-15-30(34(41)42)38(5)18-23/h7,9-10,13-15,18H,8,11-12,16-17H2,1-6H3,(H,36,40)(H,41,42). The minimum Gasteiger partial charge on any atom is -0.494 e. The average molecular weight is 601 g/mol. The van der Waals surface area contributed by atoms with Gasteiger partial charge in [-0.25, -0.2) is 4.79 Å². The SMILES string of the molecule is Cc1cc(OCCCC2=C(C(=O)NCc3cc(C(=O)O)n(C)c3)Cc3c2cccc3-c2c(C)nn(C)c2C)cc(C)c1Cl. The summed E-state index contributed by atoms with van der Waals surface area (Å²) in [4.78, 5) is 25.2. The van der Waals surface area contributed by atoms with Crippen molar-refractivity contribution in [3.05, 3.63) is 98.1 Å². The predicted octanol–water partition coefficient (Wildman–Crippen LogP) is 6.50. The number of benzene rings is 2. The van der Waals surface area contributed by atoms with Crippen LogP contribution in [0.2, 0.25) is 5.02 Å². The van der Waals surface area contributed by atoms with Crippen molar-refractivity contribution in [1.29, 1.82) is 0 Å². The lowest BCUT2D eigenvalue weighted by atomic mass is 9.93. The number of nitrogens with zero attached hydrogens (tertiary/aromatic N) is 3. The molecule has 2 aromatic carbocycles. The van der Waals surface area contributed by atoms with Crippen LogP contribution in [0.4, 0.5) is 0 Å². The van der Waals surface area contributed by atoms with Crippen molar-refractivity contribution in [2.75, 3.05) is 6.61 Å². The van der Waals surface area contributed by atoms with Gasteiger partial charge in [-0.05, 0) is 97.7 Å². The zero-order valence-electron chi connectivity index (χ0n) is 25.5. The molecule has 43 heavy (non-hydrogen) atoms. The van der Waals surface area contributed by atoms with Crippen LogP contribution in [0, 0.1) is 27.7 Å². The van der Waals surface area contributed by atoms with Crippen LogP contribution in [-0.4, -0.2) is 37.9 Å². The van der Waals surface area contributed by atoms with Gasteiger partial charge in [0.1, 0.15) is 11.4 Å². The highest BCUT2D eigenvalue weighted by molar-refractivity contribution is 6.32. The number of carbonyl (C=O) groups is 2. The third-order valence-electron chi connectivity index (χ3n) is 8.25. The quantitative estimate of drug-likeness (QED) is 0.203. The van der Waals surface area contributed by atoms with E-state index in [1.165, 1.54) is 0 Å². The number of nitrogens with one attached hydrogen (secondary N) is 1. The Labute approximate surface area is 256 Å². The normalized spacial score (nSPS) is 12.5. The van der Waals surface area contributed by atoms with Gasteiger partial charge in [0.25, 0.3) is 0 Å². The Bertz CT molecular complexity index is 1760. The number of hydrogen-bond donors (Lipinski definition) is 2. The third-order valence-corrected chi connectivity index (χ3v) is 8.85. The Balaban J connectivity index is 1.41. The first kappa shape index (κ1) is 30.2. The van der Waals surface area contributed by atoms with Crippen LogP contribution in [-0.2, 0) is 31.9 Å². The maximum atomic E-state index is 13.7. The van der Waals surface area contributed by atoms with Gasteiger partial charge in [0, 0.05) is 55.1 Å². The fourth-order valence-corrected chi connectivity index (χ4v) is 6.18. The van der Waals surface area contributed by atoms with Crippen molar-refractivity contribution in [3.8, 4) is 16.9 Å². The van der Waals surface area contributed by atoms with Gasteiger partial charge in [0.2, 0.25) is 5.91 Å². The van der Waals surface area contributed by atoms with Crippen LogP contribution in [0.15, 0.2) is 48.2 Å². The minimum absolute atomic E-state index is 0.151. The minimum atomic E-state index is -1.00. The number of ether oxygens (including phenoxy) is 1. The second-order valence-corrected chi connectivity index (χ2v) is 11.7. The lowest BCUT2D eigenvalue weighted by Gasteiger charge is -2.13. The molecule has 4 aromatic rings. The third kappa shape index (κ3) is 5.97. The number of halogens is 1. The molecule has 1 amide bonds. The molecule has 0 atom stereocenters. The van der Waals surface area contributed by atoms with E-state index in [-0.39, 0.29) is 18.1 Å². The van der Waals surface area contributed by atoms with Gasteiger partial charge < -0.3 is 19.7 Å². The van der Waals surface area contributed by atoms with E-state index in [2.05, 4.69) is 29.5 Å². The van der Waals surface area contributed by atoms with Gasteiger partial charge >= 0.3 is 5.97 Å². The molecule has 1 aliphatic carbocycles. The number of carbonyl (C=O) groups excluding carboxylic acids is 1. The molecule has 0 bridgehead atoms. The molecule has 0 saturated heterocycles. The molecule has 9 heteroatoms. The molecule has 2 N–H and O–H groups in total. The maximum Gasteiger partial charge on any atom is 0.352 e. The van der Waals surface area contributed by atoms with Gasteiger partial charge in [-0.15, -0.1) is 0 Å². The van der Waals surface area contributed by atoms with Gasteiger partial charge in [0.05, 0.1) is 12.3 Å². The molecule has 2 heterocycles. The molecule has 0 spiro atoms. The van der Waals surface area contributed by atoms with Crippen LogP contribution in [0.3, 0.4) is 0 Å². The summed E-state index contributed by atoms with van der Waals surface area (Å²) < 4.78 is 9.53. The first-order valence-electron chi connectivity index (χ1n) is 14.4. The van der Waals surface area contributed by atoms with Gasteiger partial charge in [-0.3, -0.25) is 9.48 Å². The van der Waals surface area contributed by atoms with Crippen molar-refractivity contribution in [2.45, 2.75) is 53.5 Å². The summed E-state index contributed by atoms with van der Waals surface area (Å²) in [6.07, 6.45) is 3.63. The number of amides is 1. The molecule has 0 aliphatic heterocycles. The van der Waals surface area contributed by atoms with E-state index in [9.17, 15) is 14.7 Å². The Morgan fingerprint density at radius 1 is 1.07 bits per heavy atom. The van der Waals surface area contributed by atoms with E-state index in [0.29, 0.717) is 19.4 Å². The fraction of sp³-hybridized carbons (Fsp3) is 0.324. The van der Waals surface area contributed by atoms with Gasteiger partial charge in [-0.1, -0.05) is 29.8 Å². The highest BCUT2D eigenvalue weighted by Gasteiger charge is 2.29. The molecule has 1 aliphatic rings. The van der Waals surface area contributed by atoms with Crippen LogP contribution in [0.1, 0.15) is 62.5 Å². The van der Waals surface area contributed by atoms with E-state index in [1.54, 1.807) is 23.9 Å². The van der Waals surface area contributed by atoms with Gasteiger partial charge in [-0.2, -0.15) is 5.10 Å². The predicted molar refractivity (Wildman–Crippen MR) is 169 cm³/mol. The molecule has 0 saturated carbocycles. The molecule has 5 rings (SSSR count). The molecule has 224 valence electrons. The molecule has 2 aromatic heterocycles. The molecule has 8 nitrogen and oxygen atoms in total. The van der Waals surface area contributed by atoms with E-state index in [4.69, 9.17) is 16.3 Å². The summed E-state index contributed by atoms with van der Waals surface area (Å²) in [5.41, 5.74) is 11.0. The number of aromatic nitrogens is 3. The van der Waals surface area contributed by atoms with E-state index >= 15 is 0 Å². The highest BCUT2D eigenvalue weighted by atomic mass is 35.5. The van der Waals surface area contributed by atoms with Crippen molar-refractivity contribution in [3.63, 3.8) is 0 Å². The van der Waals surface area contributed by atoms with Crippen molar-refractivity contribution in [2.24, 2.45) is 14.1 Å². The lowest BCUT2D eigenvalue weighted by Crippen LogP contribution is -2.25. The number of hydrogen-bond acceptors (Lipinski definition) is 4. The fourth-order valence-electron chi connectivity index (χ4n) is 6.07. The number of fused-ring (bicyclic) bond motifs is 1. The van der Waals surface area contributed by atoms with Crippen LogP contribution in [0.25, 0.3) is 16.7 Å². The number of rotatable bonds is 10. The number of carboxylic acids is 1. The molecular formula is C34H37ClN4O4. The average Bonchev–Trinajstić information content (AvgIpc) is 3.60. The summed E-state index contributed by atoms with van der Waals surface area (Å²) in [6.45, 7) is 8.74. The van der Waals surface area contributed by atoms with E-state index in [1.807, 2.05) is 50.7 Å². The van der Waals surface area contributed by atoms with Crippen molar-refractivity contribution < 1.29 is 19.4 Å².